The van der Waals surface area contributed by atoms with Gasteiger partial charge >= 0.3 is 0 Å². The molecule has 2 fully saturated rings. The number of halogens is 1. The van der Waals surface area contributed by atoms with Crippen LogP contribution in [0.4, 0.5) is 4.39 Å². The first kappa shape index (κ1) is 18.0. The summed E-state index contributed by atoms with van der Waals surface area (Å²) >= 11 is 0. The molecule has 5 heteroatoms. The molecule has 142 valence electrons. The summed E-state index contributed by atoms with van der Waals surface area (Å²) in [6.07, 6.45) is 4.35. The Bertz CT molecular complexity index is 782. The van der Waals surface area contributed by atoms with Gasteiger partial charge in [0.2, 0.25) is 0 Å². The molecule has 27 heavy (non-hydrogen) atoms. The first-order valence-electron chi connectivity index (χ1n) is 9.59. The van der Waals surface area contributed by atoms with Gasteiger partial charge in [0, 0.05) is 24.8 Å². The largest absolute Gasteiger partial charge is 0.491 e. The van der Waals surface area contributed by atoms with Crippen molar-refractivity contribution in [3.8, 4) is 5.75 Å². The van der Waals surface area contributed by atoms with Crippen LogP contribution in [0.25, 0.3) is 0 Å². The number of rotatable bonds is 7. The van der Waals surface area contributed by atoms with Crippen molar-refractivity contribution in [2.24, 2.45) is 0 Å². The summed E-state index contributed by atoms with van der Waals surface area (Å²) < 4.78 is 24.6. The van der Waals surface area contributed by atoms with E-state index in [0.29, 0.717) is 18.7 Å². The minimum Gasteiger partial charge on any atom is -0.491 e. The Morgan fingerprint density at radius 3 is 2.67 bits per heavy atom. The Morgan fingerprint density at radius 1 is 1.15 bits per heavy atom. The molecule has 1 aliphatic carbocycles. The molecule has 4 rings (SSSR count). The van der Waals surface area contributed by atoms with E-state index in [1.807, 2.05) is 29.2 Å². The van der Waals surface area contributed by atoms with Gasteiger partial charge in [-0.05, 0) is 67.6 Å². The van der Waals surface area contributed by atoms with Crippen LogP contribution >= 0.6 is 0 Å². The number of carbonyl (C=O) groups is 1. The maximum atomic E-state index is 13.2. The predicted molar refractivity (Wildman–Crippen MR) is 100 cm³/mol. The zero-order valence-electron chi connectivity index (χ0n) is 15.3. The van der Waals surface area contributed by atoms with Crippen molar-refractivity contribution < 1.29 is 18.7 Å². The van der Waals surface area contributed by atoms with Crippen LogP contribution in [0.2, 0.25) is 0 Å². The lowest BCUT2D eigenvalue weighted by Gasteiger charge is -2.23. The molecule has 1 atom stereocenters. The van der Waals surface area contributed by atoms with Crippen molar-refractivity contribution in [3.63, 3.8) is 0 Å². The van der Waals surface area contributed by atoms with E-state index in [0.717, 1.165) is 43.6 Å². The maximum absolute atomic E-state index is 13.2. The van der Waals surface area contributed by atoms with E-state index in [1.165, 1.54) is 12.1 Å². The molecular weight excluding hydrogens is 345 g/mol. The highest BCUT2D eigenvalue weighted by atomic mass is 19.1. The number of hydrogen-bond donors (Lipinski definition) is 0. The number of amides is 1. The van der Waals surface area contributed by atoms with Gasteiger partial charge in [0.1, 0.15) is 18.2 Å². The lowest BCUT2D eigenvalue weighted by atomic mass is 10.1. The molecule has 0 bridgehead atoms. The van der Waals surface area contributed by atoms with Crippen LogP contribution in [0, 0.1) is 5.82 Å². The van der Waals surface area contributed by atoms with Gasteiger partial charge in [0.25, 0.3) is 5.91 Å². The van der Waals surface area contributed by atoms with Crippen molar-refractivity contribution in [2.45, 2.75) is 44.4 Å². The average Bonchev–Trinajstić information content (AvgIpc) is 3.39. The normalized spacial score (nSPS) is 19.1. The Morgan fingerprint density at radius 2 is 1.96 bits per heavy atom. The zero-order valence-corrected chi connectivity index (χ0v) is 15.3. The first-order valence-corrected chi connectivity index (χ1v) is 9.59. The molecule has 1 saturated carbocycles. The van der Waals surface area contributed by atoms with Crippen LogP contribution < -0.4 is 4.74 Å². The van der Waals surface area contributed by atoms with Gasteiger partial charge in [-0.2, -0.15) is 0 Å². The molecule has 1 saturated heterocycles. The molecule has 1 heterocycles. The van der Waals surface area contributed by atoms with Gasteiger partial charge in [-0.3, -0.25) is 4.79 Å². The molecule has 0 N–H and O–H groups in total. The van der Waals surface area contributed by atoms with Gasteiger partial charge in [0.15, 0.2) is 0 Å². The minimum atomic E-state index is -0.333. The van der Waals surface area contributed by atoms with Crippen molar-refractivity contribution >= 4 is 5.91 Å². The topological polar surface area (TPSA) is 38.8 Å². The van der Waals surface area contributed by atoms with E-state index in [1.54, 1.807) is 12.1 Å². The monoisotopic (exact) mass is 369 g/mol. The van der Waals surface area contributed by atoms with Crippen LogP contribution in [0.15, 0.2) is 48.5 Å². The Labute approximate surface area is 158 Å². The third-order valence-electron chi connectivity index (χ3n) is 5.05. The second-order valence-corrected chi connectivity index (χ2v) is 7.26. The highest BCUT2D eigenvalue weighted by Gasteiger charge is 2.33. The zero-order chi connectivity index (χ0) is 18.6. The van der Waals surface area contributed by atoms with Gasteiger partial charge in [0.05, 0.1) is 6.10 Å². The molecule has 1 aliphatic heterocycles. The van der Waals surface area contributed by atoms with Gasteiger partial charge in [-0.25, -0.2) is 4.39 Å². The summed E-state index contributed by atoms with van der Waals surface area (Å²) in [5.74, 6) is 0.414. The summed E-state index contributed by atoms with van der Waals surface area (Å²) in [5.41, 5.74) is 1.55. The fraction of sp³-hybridized carbons (Fsp3) is 0.409. The van der Waals surface area contributed by atoms with Crippen LogP contribution in [-0.2, 0) is 11.3 Å². The SMILES string of the molecule is O=C(c1ccc(F)cc1)N(Cc1cccc(OCC2CCCO2)c1)C1CC1. The summed E-state index contributed by atoms with van der Waals surface area (Å²) in [7, 11) is 0. The van der Waals surface area contributed by atoms with E-state index in [4.69, 9.17) is 9.47 Å². The second kappa shape index (κ2) is 8.09. The number of ether oxygens (including phenoxy) is 2. The van der Waals surface area contributed by atoms with Crippen molar-refractivity contribution in [2.75, 3.05) is 13.2 Å². The fourth-order valence-corrected chi connectivity index (χ4v) is 3.41. The van der Waals surface area contributed by atoms with Crippen LogP contribution in [-0.4, -0.2) is 36.2 Å². The third kappa shape index (κ3) is 4.66. The average molecular weight is 369 g/mol. The predicted octanol–water partition coefficient (Wildman–Crippen LogP) is 4.19. The number of carbonyl (C=O) groups excluding carboxylic acids is 1. The van der Waals surface area contributed by atoms with Gasteiger partial charge < -0.3 is 14.4 Å². The second-order valence-electron chi connectivity index (χ2n) is 7.26. The van der Waals surface area contributed by atoms with Crippen molar-refractivity contribution in [1.82, 2.24) is 4.90 Å². The molecular formula is C22H24FNO3. The van der Waals surface area contributed by atoms with E-state index < -0.39 is 0 Å². The van der Waals surface area contributed by atoms with Crippen molar-refractivity contribution in [3.05, 3.63) is 65.5 Å². The van der Waals surface area contributed by atoms with E-state index >= 15 is 0 Å². The summed E-state index contributed by atoms with van der Waals surface area (Å²) in [5, 5.41) is 0. The quantitative estimate of drug-likeness (QED) is 0.735. The highest BCUT2D eigenvalue weighted by Crippen LogP contribution is 2.30. The molecule has 2 aliphatic rings. The van der Waals surface area contributed by atoms with Gasteiger partial charge in [-0.15, -0.1) is 0 Å². The van der Waals surface area contributed by atoms with Gasteiger partial charge in [-0.1, -0.05) is 12.1 Å². The van der Waals surface area contributed by atoms with E-state index in [-0.39, 0.29) is 23.9 Å². The molecule has 0 radical (unpaired) electrons. The maximum Gasteiger partial charge on any atom is 0.254 e. The van der Waals surface area contributed by atoms with E-state index in [2.05, 4.69) is 0 Å². The first-order chi connectivity index (χ1) is 13.2. The lowest BCUT2D eigenvalue weighted by Crippen LogP contribution is -2.32. The minimum absolute atomic E-state index is 0.0526. The molecule has 1 unspecified atom stereocenters. The molecule has 4 nitrogen and oxygen atoms in total. The fourth-order valence-electron chi connectivity index (χ4n) is 3.41. The summed E-state index contributed by atoms with van der Waals surface area (Å²) in [6.45, 7) is 1.90. The van der Waals surface area contributed by atoms with Crippen molar-refractivity contribution in [1.29, 1.82) is 0 Å². The third-order valence-corrected chi connectivity index (χ3v) is 5.05. The summed E-state index contributed by atoms with van der Waals surface area (Å²) in [6, 6.07) is 13.9. The molecule has 2 aromatic carbocycles. The Balaban J connectivity index is 1.43. The van der Waals surface area contributed by atoms with E-state index in [9.17, 15) is 9.18 Å². The number of benzene rings is 2. The standard InChI is InChI=1S/C22H24FNO3/c23-18-8-6-17(7-9-18)22(25)24(19-10-11-19)14-16-3-1-4-20(13-16)27-15-21-5-2-12-26-21/h1,3-4,6-9,13,19,21H,2,5,10-12,14-15H2. The Hall–Kier alpha value is -2.40. The lowest BCUT2D eigenvalue weighted by molar-refractivity contribution is 0.0678. The molecule has 0 spiro atoms. The van der Waals surface area contributed by atoms with Crippen LogP contribution in [0.5, 0.6) is 5.75 Å². The highest BCUT2D eigenvalue weighted by molar-refractivity contribution is 5.94. The molecule has 0 aromatic heterocycles. The molecule has 2 aromatic rings. The van der Waals surface area contributed by atoms with Crippen LogP contribution in [0.3, 0.4) is 0 Å². The smallest absolute Gasteiger partial charge is 0.254 e. The van der Waals surface area contributed by atoms with Crippen LogP contribution in [0.1, 0.15) is 41.6 Å². The Kier molecular flexibility index (Phi) is 5.39. The number of nitrogens with zero attached hydrogens (tertiary/aromatic N) is 1. The number of hydrogen-bond acceptors (Lipinski definition) is 3. The molecule has 1 amide bonds. The summed E-state index contributed by atoms with van der Waals surface area (Å²) in [4.78, 5) is 14.8.